The molecule has 2 aliphatic heterocycles. The van der Waals surface area contributed by atoms with Crippen molar-refractivity contribution in [1.29, 1.82) is 0 Å². The minimum Gasteiger partial charge on any atom is -0.479 e. The second-order valence-electron chi connectivity index (χ2n) is 31.7. The molecule has 23 nitrogen and oxygen atoms in total. The summed E-state index contributed by atoms with van der Waals surface area (Å²) >= 11 is 15.2. The van der Waals surface area contributed by atoms with Gasteiger partial charge in [-0.15, -0.1) is 37.6 Å². The van der Waals surface area contributed by atoms with Gasteiger partial charge in [-0.1, -0.05) is 96.3 Å². The Hall–Kier alpha value is -6.13. The van der Waals surface area contributed by atoms with E-state index in [0.29, 0.717) is 96.9 Å². The first-order chi connectivity index (χ1) is 52.7. The predicted octanol–water partition coefficient (Wildman–Crippen LogP) is 17.1. The number of nitrogens with zero attached hydrogens (tertiary/aromatic N) is 3. The summed E-state index contributed by atoms with van der Waals surface area (Å²) in [6.07, 6.45) is 14.8. The molecule has 5 radical (unpaired) electrons. The second kappa shape index (κ2) is 43.2. The highest BCUT2D eigenvalue weighted by molar-refractivity contribution is 7.88. The summed E-state index contributed by atoms with van der Waals surface area (Å²) < 4.78 is 139. The van der Waals surface area contributed by atoms with Gasteiger partial charge < -0.3 is 29.2 Å². The number of esters is 2. The van der Waals surface area contributed by atoms with E-state index in [9.17, 15) is 83.3 Å². The molecule has 2 heterocycles. The summed E-state index contributed by atoms with van der Waals surface area (Å²) in [6.45, 7) is 21.7. The third kappa shape index (κ3) is 26.2. The third-order valence-electron chi connectivity index (χ3n) is 21.3. The van der Waals surface area contributed by atoms with Crippen molar-refractivity contribution in [2.75, 3.05) is 25.1 Å². The lowest BCUT2D eigenvalue weighted by Gasteiger charge is -2.57. The average molecular weight is 1730 g/mol. The smallest absolute Gasteiger partial charge is 0.470 e. The number of hydrogen-bond acceptors (Lipinski definition) is 19. The van der Waals surface area contributed by atoms with E-state index < -0.39 is 105 Å². The van der Waals surface area contributed by atoms with E-state index in [1.54, 1.807) is 18.2 Å². The van der Waals surface area contributed by atoms with Gasteiger partial charge >= 0.3 is 54.7 Å². The summed E-state index contributed by atoms with van der Waals surface area (Å²) in [6, 6.07) is 15.8. The van der Waals surface area contributed by atoms with Crippen LogP contribution in [0, 0.1) is 46.3 Å². The molecular weight excluding hydrogens is 1620 g/mol. The molecule has 3 N–H and O–H groups in total. The molecule has 8 saturated carbocycles. The number of carbonyl (C=O) groups is 8. The van der Waals surface area contributed by atoms with Crippen molar-refractivity contribution in [2.24, 2.45) is 46.3 Å². The number of imide groups is 2. The number of aliphatic carboxylic acids is 2. The number of rotatable bonds is 27. The number of carbonyl (C=O) groups excluding carboxylic acids is 6. The molecule has 4 amide bonds. The van der Waals surface area contributed by atoms with Gasteiger partial charge in [-0.05, 0) is 243 Å². The van der Waals surface area contributed by atoms with E-state index in [2.05, 4.69) is 83.7 Å². The predicted molar refractivity (Wildman–Crippen MR) is 435 cm³/mol. The molecule has 2 atom stereocenters. The lowest BCUT2D eigenvalue weighted by Crippen LogP contribution is -2.48. The highest BCUT2D eigenvalue weighted by atomic mass is 35.6. The monoisotopic (exact) mass is 1730 g/mol. The minimum absolute atomic E-state index is 0. The zero-order chi connectivity index (χ0) is 84.7. The lowest BCUT2D eigenvalue weighted by molar-refractivity contribution is -0.165. The van der Waals surface area contributed by atoms with Gasteiger partial charge in [0.25, 0.3) is 23.6 Å². The zero-order valence-electron chi connectivity index (χ0n) is 65.2. The molecule has 14 rings (SSSR count). The Kier molecular flexibility index (Phi) is 38.0. The van der Waals surface area contributed by atoms with Crippen molar-refractivity contribution in [3.05, 3.63) is 82.9 Å². The van der Waals surface area contributed by atoms with Crippen molar-refractivity contribution in [3.63, 3.8) is 0 Å². The van der Waals surface area contributed by atoms with Gasteiger partial charge in [0.2, 0.25) is 0 Å². The van der Waals surface area contributed by atoms with E-state index in [4.69, 9.17) is 48.5 Å². The maximum atomic E-state index is 15.1. The number of carboxylic acids is 2. The molecule has 8 fully saturated rings. The number of hydrogen-bond donors (Lipinski definition) is 3. The van der Waals surface area contributed by atoms with Crippen LogP contribution in [-0.4, -0.2) is 185 Å². The zero-order valence-corrected chi connectivity index (χ0v) is 70.1. The van der Waals surface area contributed by atoms with Crippen molar-refractivity contribution < 1.29 is 115 Å². The lowest BCUT2D eigenvalue weighted by atomic mass is 9.40. The van der Waals surface area contributed by atoms with Gasteiger partial charge in [0.15, 0.2) is 12.2 Å². The summed E-state index contributed by atoms with van der Waals surface area (Å²) in [5, 5.41) is 19.5. The van der Waals surface area contributed by atoms with Crippen molar-refractivity contribution in [3.8, 4) is 11.5 Å². The molecule has 2 unspecified atom stereocenters. The number of halogens is 8. The maximum Gasteiger partial charge on any atom is 0.470 e. The molecule has 0 saturated heterocycles. The Morgan fingerprint density at radius 1 is 0.600 bits per heavy atom. The van der Waals surface area contributed by atoms with Gasteiger partial charge in [0, 0.05) is 45.4 Å². The first-order valence-electron chi connectivity index (χ1n) is 37.9. The molecule has 37 heteroatoms. The Bertz CT molecular complexity index is 4200. The van der Waals surface area contributed by atoms with Crippen molar-refractivity contribution in [2.45, 2.75) is 246 Å². The SMILES string of the molecule is C.C.CCCCC(Oc1cc2c3c(cccc3c1)C(=O)N(O)C2=O)C(=O)O.CCCCC(Oc1cc2c3c(cccc3c1)C(=O)N(OS(=O)(=O)C(F)(F)C(=O)OCCC13CC4CC(CC(C4)C1)C3)C2=O)C(=O)O.CCN(C(C)C)C(C)C.C[Si](C)(C)Cl.ClCCl.O=C(OCCC12CC3CC(CC(C3)C1)C2)C(F)(F)S(=O)(=O)F.[B][B][B]. The normalized spacial score (nSPS) is 22.5. The first kappa shape index (κ1) is 101. The van der Waals surface area contributed by atoms with Crippen LogP contribution in [0.5, 0.6) is 11.5 Å². The Morgan fingerprint density at radius 2 is 0.913 bits per heavy atom. The highest BCUT2D eigenvalue weighted by Gasteiger charge is 2.60. The maximum absolute atomic E-state index is 15.1. The molecule has 8 bridgehead atoms. The summed E-state index contributed by atoms with van der Waals surface area (Å²) in [5.74, 6) is -7.55. The van der Waals surface area contributed by atoms with Gasteiger partial charge in [-0.25, -0.2) is 19.2 Å². The fraction of sp³-hybridized carbons (Fsp3) is 0.641. The van der Waals surface area contributed by atoms with Crippen molar-refractivity contribution >= 4 is 154 Å². The summed E-state index contributed by atoms with van der Waals surface area (Å²) in [7, 11) is -3.68. The van der Waals surface area contributed by atoms with Gasteiger partial charge in [0.1, 0.15) is 18.9 Å². The third-order valence-corrected chi connectivity index (χ3v) is 23.3. The first-order valence-corrected chi connectivity index (χ1v) is 46.3. The largest absolute Gasteiger partial charge is 0.479 e. The number of carboxylic acid groups (broad SMARTS) is 2. The van der Waals surface area contributed by atoms with Crippen LogP contribution in [0.4, 0.5) is 21.4 Å². The number of unbranched alkanes of at least 4 members (excludes halogenated alkanes) is 2. The molecule has 4 aromatic rings. The summed E-state index contributed by atoms with van der Waals surface area (Å²) in [4.78, 5) is 99.9. The van der Waals surface area contributed by atoms with Crippen LogP contribution < -0.4 is 9.47 Å². The van der Waals surface area contributed by atoms with E-state index in [0.717, 1.165) is 83.9 Å². The number of amides is 4. The van der Waals surface area contributed by atoms with Crippen LogP contribution >= 0.6 is 34.3 Å². The molecule has 0 spiro atoms. The average Bonchev–Trinajstić information content (AvgIpc) is 0.743. The van der Waals surface area contributed by atoms with E-state index >= 15 is 8.78 Å². The molecule has 10 aliphatic rings. The van der Waals surface area contributed by atoms with Crippen LogP contribution in [-0.2, 0) is 53.3 Å². The molecule has 637 valence electrons. The topological polar surface area (TPSA) is 321 Å². The van der Waals surface area contributed by atoms with Crippen molar-refractivity contribution in [1.82, 2.24) is 15.0 Å². The van der Waals surface area contributed by atoms with Crippen LogP contribution in [0.2, 0.25) is 19.6 Å². The fourth-order valence-electron chi connectivity index (χ4n) is 17.7. The van der Waals surface area contributed by atoms with E-state index in [-0.39, 0.29) is 98.7 Å². The number of hydroxylamine groups is 4. The molecule has 115 heavy (non-hydrogen) atoms. The molecule has 4 aromatic carbocycles. The van der Waals surface area contributed by atoms with Gasteiger partial charge in [-0.3, -0.25) is 29.3 Å². The van der Waals surface area contributed by atoms with Gasteiger partial charge in [0.05, 0.1) is 40.8 Å². The number of benzene rings is 4. The standard InChI is InChI=1S/C32H35F2NO10S.C18H17NO6.C14H19F3O4S.C8H19N.C3H9ClSi.CH2Cl2.2CH4.B3/c1-2-3-7-25(29(38)39)44-22-13-21-5-4-6-23-26(21)24(14-22)28(37)35(27(23)36)45-46(41,42)32(33,34)30(40)43-9-8-31-15-18-10-19(16-31)12-20(11-18)17-31;1-2-3-7-14(18(22)23)25-11-8-10-5-4-6-12-15(10)13(9-11)17(21)19(24)16(12)20;15-14(16,22(17,19)20)12(18)21-2-1-13-6-9-3-10(7-13)5-11(4-9)8-13;1-6-9(7(2)3)8(4)5;1-5(2,3)4;2-1-3;;;1-3-2/h4-6,13-14,18-20,25H,2-3,7-12,15-17H2,1H3,(H,38,39);4-6,8-9,14,24H,2-3,7H2,1H3,(H,22,23);9-11H,1-8H2;7-8H,6H2,1-5H3;1-3H3;1H2;2*1H4;. The van der Waals surface area contributed by atoms with Crippen LogP contribution in [0.1, 0.15) is 233 Å². The Labute approximate surface area is 691 Å². The van der Waals surface area contributed by atoms with E-state index in [1.807, 2.05) is 13.8 Å². The fourth-order valence-corrected chi connectivity index (χ4v) is 18.6. The van der Waals surface area contributed by atoms with E-state index in [1.165, 1.54) is 55.7 Å². The van der Waals surface area contributed by atoms with Crippen LogP contribution in [0.3, 0.4) is 0 Å². The van der Waals surface area contributed by atoms with Gasteiger partial charge in [-0.2, -0.15) is 45.5 Å². The number of ether oxygens (including phenoxy) is 4. The van der Waals surface area contributed by atoms with Crippen LogP contribution in [0.25, 0.3) is 21.5 Å². The molecular formula is C78H109B3Cl3F5N3O20S2Si. The number of alkyl halides is 6. The van der Waals surface area contributed by atoms with Crippen LogP contribution in [0.15, 0.2) is 60.7 Å². The second-order valence-corrected chi connectivity index (χ2v) is 43.0. The Balaban J connectivity index is 0.000000341. The highest BCUT2D eigenvalue weighted by Crippen LogP contribution is 2.63. The minimum atomic E-state index is -6.28. The molecule has 8 aliphatic carbocycles. The Morgan fingerprint density at radius 3 is 1.22 bits per heavy atom. The quantitative estimate of drug-likeness (QED) is 0.00730. The summed E-state index contributed by atoms with van der Waals surface area (Å²) in [5.41, 5.74) is -0.357. The molecule has 0 aromatic heterocycles.